The SMILES string of the molecule is CCc1c(NC)ncnc1NCC1CCCC1O. The monoisotopic (exact) mass is 250 g/mol. The van der Waals surface area contributed by atoms with E-state index in [-0.39, 0.29) is 6.10 Å². The lowest BCUT2D eigenvalue weighted by atomic mass is 10.1. The summed E-state index contributed by atoms with van der Waals surface area (Å²) < 4.78 is 0. The van der Waals surface area contributed by atoms with E-state index in [9.17, 15) is 5.11 Å². The number of hydrogen-bond acceptors (Lipinski definition) is 5. The molecule has 0 saturated heterocycles. The van der Waals surface area contributed by atoms with E-state index in [0.717, 1.165) is 49.4 Å². The van der Waals surface area contributed by atoms with Crippen LogP contribution in [0.5, 0.6) is 0 Å². The highest BCUT2D eigenvalue weighted by molar-refractivity contribution is 5.57. The van der Waals surface area contributed by atoms with Gasteiger partial charge in [0.15, 0.2) is 0 Å². The summed E-state index contributed by atoms with van der Waals surface area (Å²) >= 11 is 0. The zero-order valence-corrected chi connectivity index (χ0v) is 11.1. The molecule has 1 saturated carbocycles. The van der Waals surface area contributed by atoms with Gasteiger partial charge in [-0.3, -0.25) is 0 Å². The normalized spacial score (nSPS) is 23.1. The van der Waals surface area contributed by atoms with Crippen LogP contribution in [0.2, 0.25) is 0 Å². The predicted octanol–water partition coefficient (Wildman–Crippen LogP) is 1.65. The summed E-state index contributed by atoms with van der Waals surface area (Å²) in [7, 11) is 1.87. The highest BCUT2D eigenvalue weighted by atomic mass is 16.3. The second-order valence-electron chi connectivity index (χ2n) is 4.79. The molecule has 0 bridgehead atoms. The maximum Gasteiger partial charge on any atom is 0.134 e. The number of nitrogens with zero attached hydrogens (tertiary/aromatic N) is 2. The van der Waals surface area contributed by atoms with Crippen molar-refractivity contribution in [3.05, 3.63) is 11.9 Å². The lowest BCUT2D eigenvalue weighted by Gasteiger charge is -2.17. The smallest absolute Gasteiger partial charge is 0.134 e. The number of rotatable bonds is 5. The maximum absolute atomic E-state index is 9.81. The molecule has 1 aromatic rings. The standard InChI is InChI=1S/C13H22N4O/c1-3-10-12(14-2)16-8-17-13(10)15-7-9-5-4-6-11(9)18/h8-9,11,18H,3-7H2,1-2H3,(H2,14,15,16,17). The third-order valence-electron chi connectivity index (χ3n) is 3.69. The van der Waals surface area contributed by atoms with Crippen LogP contribution in [0, 0.1) is 5.92 Å². The van der Waals surface area contributed by atoms with Gasteiger partial charge in [0, 0.05) is 25.1 Å². The molecule has 1 aromatic heterocycles. The molecule has 100 valence electrons. The lowest BCUT2D eigenvalue weighted by Crippen LogP contribution is -2.23. The van der Waals surface area contributed by atoms with Gasteiger partial charge in [0.25, 0.3) is 0 Å². The Hall–Kier alpha value is -1.36. The first-order chi connectivity index (χ1) is 8.76. The van der Waals surface area contributed by atoms with Crippen LogP contribution in [0.15, 0.2) is 6.33 Å². The van der Waals surface area contributed by atoms with Gasteiger partial charge in [-0.05, 0) is 19.3 Å². The Morgan fingerprint density at radius 3 is 2.72 bits per heavy atom. The summed E-state index contributed by atoms with van der Waals surface area (Å²) in [5.74, 6) is 2.11. The molecular formula is C13H22N4O. The molecule has 3 N–H and O–H groups in total. The Morgan fingerprint density at radius 1 is 1.33 bits per heavy atom. The van der Waals surface area contributed by atoms with Crippen molar-refractivity contribution in [3.8, 4) is 0 Å². The van der Waals surface area contributed by atoms with Gasteiger partial charge in [-0.1, -0.05) is 13.3 Å². The minimum atomic E-state index is -0.159. The second-order valence-corrected chi connectivity index (χ2v) is 4.79. The van der Waals surface area contributed by atoms with Gasteiger partial charge in [-0.15, -0.1) is 0 Å². The van der Waals surface area contributed by atoms with Crippen molar-refractivity contribution in [1.29, 1.82) is 0 Å². The van der Waals surface area contributed by atoms with Crippen molar-refractivity contribution >= 4 is 11.6 Å². The van der Waals surface area contributed by atoms with E-state index >= 15 is 0 Å². The van der Waals surface area contributed by atoms with Crippen LogP contribution in [-0.4, -0.2) is 34.8 Å². The minimum absolute atomic E-state index is 0.159. The summed E-state index contributed by atoms with van der Waals surface area (Å²) in [6, 6.07) is 0. The average Bonchev–Trinajstić information content (AvgIpc) is 2.81. The molecule has 0 amide bonds. The molecule has 0 radical (unpaired) electrons. The van der Waals surface area contributed by atoms with Gasteiger partial charge in [0.1, 0.15) is 18.0 Å². The summed E-state index contributed by atoms with van der Waals surface area (Å²) in [6.45, 7) is 2.88. The molecule has 1 heterocycles. The number of anilines is 2. The van der Waals surface area contributed by atoms with Crippen molar-refractivity contribution < 1.29 is 5.11 Å². The van der Waals surface area contributed by atoms with E-state index < -0.39 is 0 Å². The minimum Gasteiger partial charge on any atom is -0.393 e. The third-order valence-corrected chi connectivity index (χ3v) is 3.69. The van der Waals surface area contributed by atoms with Crippen LogP contribution in [0.25, 0.3) is 0 Å². The fraction of sp³-hybridized carbons (Fsp3) is 0.692. The van der Waals surface area contributed by atoms with Crippen molar-refractivity contribution in [2.24, 2.45) is 5.92 Å². The van der Waals surface area contributed by atoms with E-state index in [0.29, 0.717) is 5.92 Å². The van der Waals surface area contributed by atoms with Crippen LogP contribution in [-0.2, 0) is 6.42 Å². The highest BCUT2D eigenvalue weighted by Crippen LogP contribution is 2.26. The predicted molar refractivity (Wildman–Crippen MR) is 72.8 cm³/mol. The van der Waals surface area contributed by atoms with E-state index in [1.807, 2.05) is 7.05 Å². The first kappa shape index (κ1) is 13.1. The second kappa shape index (κ2) is 6.00. The van der Waals surface area contributed by atoms with Crippen molar-refractivity contribution in [1.82, 2.24) is 9.97 Å². The number of nitrogens with one attached hydrogen (secondary N) is 2. The molecule has 2 atom stereocenters. The summed E-state index contributed by atoms with van der Waals surface area (Å²) in [5, 5.41) is 16.3. The first-order valence-corrected chi connectivity index (χ1v) is 6.69. The largest absolute Gasteiger partial charge is 0.393 e. The Morgan fingerprint density at radius 2 is 2.11 bits per heavy atom. The molecule has 18 heavy (non-hydrogen) atoms. The van der Waals surface area contributed by atoms with E-state index in [2.05, 4.69) is 27.5 Å². The molecule has 5 nitrogen and oxygen atoms in total. The highest BCUT2D eigenvalue weighted by Gasteiger charge is 2.25. The molecule has 1 aliphatic rings. The van der Waals surface area contributed by atoms with Crippen LogP contribution in [0.1, 0.15) is 31.7 Å². The zero-order chi connectivity index (χ0) is 13.0. The van der Waals surface area contributed by atoms with Gasteiger partial charge in [0.05, 0.1) is 6.10 Å². The van der Waals surface area contributed by atoms with E-state index in [1.54, 1.807) is 6.33 Å². The summed E-state index contributed by atoms with van der Waals surface area (Å²) in [6.07, 6.45) is 5.44. The van der Waals surface area contributed by atoms with E-state index in [4.69, 9.17) is 0 Å². The number of hydrogen-bond donors (Lipinski definition) is 3. The topological polar surface area (TPSA) is 70.1 Å². The first-order valence-electron chi connectivity index (χ1n) is 6.69. The molecule has 0 aromatic carbocycles. The van der Waals surface area contributed by atoms with Crippen LogP contribution in [0.4, 0.5) is 11.6 Å². The molecule has 1 fully saturated rings. The van der Waals surface area contributed by atoms with Crippen molar-refractivity contribution in [2.75, 3.05) is 24.2 Å². The van der Waals surface area contributed by atoms with Gasteiger partial charge in [0.2, 0.25) is 0 Å². The van der Waals surface area contributed by atoms with Crippen molar-refractivity contribution in [2.45, 2.75) is 38.7 Å². The number of aromatic nitrogens is 2. The summed E-state index contributed by atoms with van der Waals surface area (Å²) in [4.78, 5) is 8.51. The van der Waals surface area contributed by atoms with E-state index in [1.165, 1.54) is 0 Å². The summed E-state index contributed by atoms with van der Waals surface area (Å²) in [5.41, 5.74) is 1.10. The molecule has 0 aliphatic heterocycles. The maximum atomic E-state index is 9.81. The quantitative estimate of drug-likeness (QED) is 0.741. The Bertz CT molecular complexity index is 397. The van der Waals surface area contributed by atoms with Gasteiger partial charge >= 0.3 is 0 Å². The Labute approximate surface area is 108 Å². The molecular weight excluding hydrogens is 228 g/mol. The number of aliphatic hydroxyl groups excluding tert-OH is 1. The number of aliphatic hydroxyl groups is 1. The van der Waals surface area contributed by atoms with Crippen LogP contribution in [0.3, 0.4) is 0 Å². The molecule has 1 aliphatic carbocycles. The van der Waals surface area contributed by atoms with Crippen LogP contribution >= 0.6 is 0 Å². The lowest BCUT2D eigenvalue weighted by molar-refractivity contribution is 0.138. The average molecular weight is 250 g/mol. The fourth-order valence-corrected chi connectivity index (χ4v) is 2.60. The zero-order valence-electron chi connectivity index (χ0n) is 11.1. The molecule has 5 heteroatoms. The molecule has 2 unspecified atom stereocenters. The molecule has 0 spiro atoms. The van der Waals surface area contributed by atoms with Gasteiger partial charge < -0.3 is 15.7 Å². The third kappa shape index (κ3) is 2.72. The molecule has 2 rings (SSSR count). The fourth-order valence-electron chi connectivity index (χ4n) is 2.60. The van der Waals surface area contributed by atoms with Gasteiger partial charge in [-0.25, -0.2) is 9.97 Å². The van der Waals surface area contributed by atoms with Gasteiger partial charge in [-0.2, -0.15) is 0 Å². The Balaban J connectivity index is 2.04. The van der Waals surface area contributed by atoms with Crippen molar-refractivity contribution in [3.63, 3.8) is 0 Å². The van der Waals surface area contributed by atoms with Crippen LogP contribution < -0.4 is 10.6 Å². The Kier molecular flexibility index (Phi) is 4.36.